The van der Waals surface area contributed by atoms with Gasteiger partial charge in [0.15, 0.2) is 0 Å². The molecule has 0 fully saturated rings. The third kappa shape index (κ3) is 3.43. The molecule has 1 heterocycles. The van der Waals surface area contributed by atoms with Gasteiger partial charge in [0.25, 0.3) is 0 Å². The van der Waals surface area contributed by atoms with Crippen molar-refractivity contribution in [1.29, 1.82) is 0 Å². The largest absolute Gasteiger partial charge is 0.281 e. The molecule has 0 atom stereocenters. The van der Waals surface area contributed by atoms with Gasteiger partial charge in [0.2, 0.25) is 10.0 Å². The van der Waals surface area contributed by atoms with E-state index in [-0.39, 0.29) is 11.4 Å². The van der Waals surface area contributed by atoms with Crippen LogP contribution in [0.1, 0.15) is 16.8 Å². The van der Waals surface area contributed by atoms with Crippen LogP contribution in [0.4, 0.5) is 0 Å². The van der Waals surface area contributed by atoms with E-state index in [1.165, 1.54) is 6.20 Å². The molecule has 5 nitrogen and oxygen atoms in total. The summed E-state index contributed by atoms with van der Waals surface area (Å²) in [7, 11) is -3.51. The molecule has 2 N–H and O–H groups in total. The van der Waals surface area contributed by atoms with Gasteiger partial charge in [0, 0.05) is 11.9 Å². The van der Waals surface area contributed by atoms with Crippen molar-refractivity contribution in [1.82, 2.24) is 14.9 Å². The van der Waals surface area contributed by atoms with Crippen LogP contribution in [0.3, 0.4) is 0 Å². The highest BCUT2D eigenvalue weighted by atomic mass is 79.9. The first-order chi connectivity index (χ1) is 9.03. The first-order valence-corrected chi connectivity index (χ1v) is 8.27. The second-order valence-electron chi connectivity index (χ2n) is 4.13. The van der Waals surface area contributed by atoms with Crippen LogP contribution in [0.5, 0.6) is 0 Å². The van der Waals surface area contributed by atoms with E-state index < -0.39 is 10.0 Å². The molecule has 2 rings (SSSR count). The third-order valence-electron chi connectivity index (χ3n) is 2.72. The van der Waals surface area contributed by atoms with Gasteiger partial charge < -0.3 is 0 Å². The van der Waals surface area contributed by atoms with E-state index in [4.69, 9.17) is 0 Å². The maximum absolute atomic E-state index is 12.0. The Morgan fingerprint density at radius 2 is 1.89 bits per heavy atom. The van der Waals surface area contributed by atoms with Gasteiger partial charge in [-0.1, -0.05) is 40.2 Å². The molecule has 0 unspecified atom stereocenters. The van der Waals surface area contributed by atoms with Crippen LogP contribution in [0.15, 0.2) is 35.4 Å². The Morgan fingerprint density at radius 1 is 1.26 bits per heavy atom. The summed E-state index contributed by atoms with van der Waals surface area (Å²) < 4.78 is 26.6. The standard InChI is InChI=1S/C12H14BrN3O2S/c1-9-12(8-14-16-9)19(17,18)15-7-11-4-2-10(6-13)3-5-11/h2-5,8,15H,6-7H2,1H3,(H,14,16). The average Bonchev–Trinajstić information content (AvgIpc) is 2.84. The highest BCUT2D eigenvalue weighted by Crippen LogP contribution is 2.12. The van der Waals surface area contributed by atoms with E-state index in [2.05, 4.69) is 30.8 Å². The van der Waals surface area contributed by atoms with E-state index in [9.17, 15) is 8.42 Å². The highest BCUT2D eigenvalue weighted by molar-refractivity contribution is 9.08. The number of aromatic nitrogens is 2. The number of rotatable bonds is 5. The predicted molar refractivity (Wildman–Crippen MR) is 76.4 cm³/mol. The topological polar surface area (TPSA) is 74.8 Å². The monoisotopic (exact) mass is 343 g/mol. The van der Waals surface area contributed by atoms with Crippen LogP contribution in [0.25, 0.3) is 0 Å². The van der Waals surface area contributed by atoms with Crippen LogP contribution < -0.4 is 4.72 Å². The predicted octanol–water partition coefficient (Wildman–Crippen LogP) is 2.09. The molecule has 0 aliphatic rings. The summed E-state index contributed by atoms with van der Waals surface area (Å²) in [6, 6.07) is 7.73. The Morgan fingerprint density at radius 3 is 2.42 bits per heavy atom. The Balaban J connectivity index is 2.07. The first kappa shape index (κ1) is 14.2. The molecule has 0 amide bonds. The molecule has 102 valence electrons. The number of aryl methyl sites for hydroxylation is 1. The van der Waals surface area contributed by atoms with Crippen molar-refractivity contribution in [2.24, 2.45) is 0 Å². The number of hydrogen-bond donors (Lipinski definition) is 2. The van der Waals surface area contributed by atoms with Crippen molar-refractivity contribution in [2.75, 3.05) is 0 Å². The highest BCUT2D eigenvalue weighted by Gasteiger charge is 2.17. The summed E-state index contributed by atoms with van der Waals surface area (Å²) in [4.78, 5) is 0.185. The first-order valence-electron chi connectivity index (χ1n) is 5.66. The minimum absolute atomic E-state index is 0.185. The number of hydrogen-bond acceptors (Lipinski definition) is 3. The average molecular weight is 344 g/mol. The normalized spacial score (nSPS) is 11.7. The molecule has 0 spiro atoms. The number of benzene rings is 1. The fourth-order valence-electron chi connectivity index (χ4n) is 1.61. The van der Waals surface area contributed by atoms with Gasteiger partial charge in [0.05, 0.1) is 11.9 Å². The van der Waals surface area contributed by atoms with E-state index in [1.807, 2.05) is 24.3 Å². The van der Waals surface area contributed by atoms with E-state index in [1.54, 1.807) is 6.92 Å². The molecule has 0 aliphatic carbocycles. The third-order valence-corrected chi connectivity index (χ3v) is 4.88. The van der Waals surface area contributed by atoms with Gasteiger partial charge in [0.1, 0.15) is 4.90 Å². The molecule has 0 radical (unpaired) electrons. The van der Waals surface area contributed by atoms with Crippen molar-refractivity contribution >= 4 is 26.0 Å². The van der Waals surface area contributed by atoms with Gasteiger partial charge in [-0.05, 0) is 18.1 Å². The van der Waals surface area contributed by atoms with Gasteiger partial charge in [-0.25, -0.2) is 13.1 Å². The van der Waals surface area contributed by atoms with Crippen LogP contribution in [0.2, 0.25) is 0 Å². The zero-order valence-electron chi connectivity index (χ0n) is 10.4. The summed E-state index contributed by atoms with van der Waals surface area (Å²) in [6.07, 6.45) is 1.31. The van der Waals surface area contributed by atoms with Crippen LogP contribution >= 0.6 is 15.9 Å². The van der Waals surface area contributed by atoms with Crippen molar-refractivity contribution in [3.8, 4) is 0 Å². The van der Waals surface area contributed by atoms with E-state index in [0.29, 0.717) is 5.69 Å². The van der Waals surface area contributed by atoms with Crippen molar-refractivity contribution in [3.63, 3.8) is 0 Å². The lowest BCUT2D eigenvalue weighted by atomic mass is 10.2. The zero-order valence-corrected chi connectivity index (χ0v) is 12.8. The van der Waals surface area contributed by atoms with Crippen LogP contribution in [-0.2, 0) is 21.9 Å². The second-order valence-corrected chi connectivity index (χ2v) is 6.43. The van der Waals surface area contributed by atoms with E-state index >= 15 is 0 Å². The molecule has 0 aliphatic heterocycles. The Bertz CT molecular complexity index is 650. The number of nitrogens with zero attached hydrogens (tertiary/aromatic N) is 1. The van der Waals surface area contributed by atoms with Gasteiger partial charge in [-0.15, -0.1) is 0 Å². The lowest BCUT2D eigenvalue weighted by molar-refractivity contribution is 0.581. The summed E-state index contributed by atoms with van der Waals surface area (Å²) >= 11 is 3.36. The number of alkyl halides is 1. The zero-order chi connectivity index (χ0) is 13.9. The Hall–Kier alpha value is -1.18. The second kappa shape index (κ2) is 5.85. The van der Waals surface area contributed by atoms with Gasteiger partial charge in [-0.3, -0.25) is 5.10 Å². The molecule has 19 heavy (non-hydrogen) atoms. The van der Waals surface area contributed by atoms with Crippen LogP contribution in [0, 0.1) is 6.92 Å². The van der Waals surface area contributed by atoms with Gasteiger partial charge >= 0.3 is 0 Å². The lowest BCUT2D eigenvalue weighted by Crippen LogP contribution is -2.23. The molecule has 1 aromatic heterocycles. The molecule has 0 saturated carbocycles. The lowest BCUT2D eigenvalue weighted by Gasteiger charge is -2.06. The quantitative estimate of drug-likeness (QED) is 0.816. The number of halogens is 1. The fraction of sp³-hybridized carbons (Fsp3) is 0.250. The minimum Gasteiger partial charge on any atom is -0.281 e. The number of aromatic amines is 1. The summed E-state index contributed by atoms with van der Waals surface area (Å²) in [5.41, 5.74) is 2.59. The van der Waals surface area contributed by atoms with Crippen molar-refractivity contribution < 1.29 is 8.42 Å². The SMILES string of the molecule is Cc1[nH]ncc1S(=O)(=O)NCc1ccc(CBr)cc1. The maximum Gasteiger partial charge on any atom is 0.244 e. The summed E-state index contributed by atoms with van der Waals surface area (Å²) in [5, 5.41) is 7.11. The van der Waals surface area contributed by atoms with E-state index in [0.717, 1.165) is 16.5 Å². The fourth-order valence-corrected chi connectivity index (χ4v) is 3.14. The molecule has 0 saturated heterocycles. The molecule has 7 heteroatoms. The van der Waals surface area contributed by atoms with Crippen molar-refractivity contribution in [2.45, 2.75) is 23.7 Å². The minimum atomic E-state index is -3.51. The van der Waals surface area contributed by atoms with Crippen LogP contribution in [-0.4, -0.2) is 18.6 Å². The smallest absolute Gasteiger partial charge is 0.244 e. The summed E-state index contributed by atoms with van der Waals surface area (Å²) in [5.74, 6) is 0. The Kier molecular flexibility index (Phi) is 4.38. The molecule has 2 aromatic rings. The van der Waals surface area contributed by atoms with Gasteiger partial charge in [-0.2, -0.15) is 5.10 Å². The number of sulfonamides is 1. The molecular weight excluding hydrogens is 330 g/mol. The summed E-state index contributed by atoms with van der Waals surface area (Å²) in [6.45, 7) is 1.93. The number of H-pyrrole nitrogens is 1. The van der Waals surface area contributed by atoms with Crippen molar-refractivity contribution in [3.05, 3.63) is 47.3 Å². The molecule has 0 bridgehead atoms. The Labute approximate surface area is 120 Å². The number of nitrogens with one attached hydrogen (secondary N) is 2. The molecular formula is C12H14BrN3O2S. The maximum atomic E-state index is 12.0. The molecule has 1 aromatic carbocycles.